The maximum Gasteiger partial charge on any atom is 0.334 e. The number of hydrogen-bond donors (Lipinski definition) is 6. The van der Waals surface area contributed by atoms with Crippen LogP contribution in [0.5, 0.6) is 0 Å². The summed E-state index contributed by atoms with van der Waals surface area (Å²) in [7, 11) is 1.69. The Bertz CT molecular complexity index is 1160. The molecule has 4 fully saturated rings. The van der Waals surface area contributed by atoms with Crippen LogP contribution in [0.2, 0.25) is 0 Å². The SMILES string of the molecule is CN=C(N)N1C=CC2(CNCCO)CCC3C(O)(COC4CCCC(O)C4)C(C(=O)O)=C4CC5CCC(C)C43C52C1. The number of rotatable bonds is 8. The summed E-state index contributed by atoms with van der Waals surface area (Å²) < 4.78 is 6.35. The molecule has 10 nitrogen and oxygen atoms in total. The second-order valence-electron chi connectivity index (χ2n) is 13.7. The Morgan fingerprint density at radius 1 is 1.27 bits per heavy atom. The fourth-order valence-corrected chi connectivity index (χ4v) is 11.0. The molecule has 228 valence electrons. The quantitative estimate of drug-likeness (QED) is 0.144. The molecule has 6 aliphatic rings. The van der Waals surface area contributed by atoms with E-state index in [4.69, 9.17) is 10.5 Å². The fraction of sp³-hybridized carbons (Fsp3) is 0.806. The molecule has 0 amide bonds. The molecule has 9 atom stereocenters. The van der Waals surface area contributed by atoms with Gasteiger partial charge in [0, 0.05) is 55.0 Å². The van der Waals surface area contributed by atoms with Gasteiger partial charge in [0.15, 0.2) is 5.96 Å². The molecule has 1 aliphatic heterocycles. The molecule has 10 heteroatoms. The zero-order valence-corrected chi connectivity index (χ0v) is 24.5. The third-order valence-corrected chi connectivity index (χ3v) is 12.3. The third kappa shape index (κ3) is 3.79. The Labute approximate surface area is 242 Å². The number of nitrogens with two attached hydrogens (primary N) is 1. The first-order chi connectivity index (χ1) is 19.6. The number of ether oxygens (including phenoxy) is 1. The lowest BCUT2D eigenvalue weighted by atomic mass is 9.35. The van der Waals surface area contributed by atoms with Gasteiger partial charge >= 0.3 is 5.97 Å². The lowest BCUT2D eigenvalue weighted by Crippen LogP contribution is -2.72. The molecule has 0 aromatic rings. The Morgan fingerprint density at radius 3 is 2.78 bits per heavy atom. The lowest BCUT2D eigenvalue weighted by molar-refractivity contribution is -0.221. The van der Waals surface area contributed by atoms with Crippen LogP contribution in [0, 0.1) is 34.0 Å². The van der Waals surface area contributed by atoms with Crippen LogP contribution in [-0.4, -0.2) is 95.0 Å². The number of hydrogen-bond acceptors (Lipinski definition) is 7. The van der Waals surface area contributed by atoms with Crippen LogP contribution < -0.4 is 11.1 Å². The number of guanidine groups is 1. The van der Waals surface area contributed by atoms with Crippen molar-refractivity contribution in [1.82, 2.24) is 10.2 Å². The van der Waals surface area contributed by atoms with Gasteiger partial charge in [-0.1, -0.05) is 13.0 Å². The second kappa shape index (κ2) is 10.3. The highest BCUT2D eigenvalue weighted by atomic mass is 16.5. The number of aliphatic carboxylic acids is 1. The van der Waals surface area contributed by atoms with E-state index in [1.165, 1.54) is 0 Å². The molecule has 0 radical (unpaired) electrons. The molecule has 0 aromatic carbocycles. The van der Waals surface area contributed by atoms with Crippen LogP contribution in [0.3, 0.4) is 0 Å². The van der Waals surface area contributed by atoms with Crippen molar-refractivity contribution in [1.29, 1.82) is 0 Å². The first-order valence-electron chi connectivity index (χ1n) is 15.6. The molecule has 41 heavy (non-hydrogen) atoms. The molecule has 6 rings (SSSR count). The van der Waals surface area contributed by atoms with Gasteiger partial charge in [-0.05, 0) is 75.2 Å². The van der Waals surface area contributed by atoms with Crippen LogP contribution in [-0.2, 0) is 9.53 Å². The standard InChI is InChI=1S/C31H48N4O6/c1-19-6-7-20-14-23-25(26(38)39)29(40,18-41-22-5-3-4-21(37)15-22)24-8-9-28(16-34-11-13-36)10-12-35(27(32)33-2)17-30(20,28)31(19,23)24/h10,12,19-22,24,34,36-37,40H,3-9,11,13-18H2,1-2H3,(H2,32,33)(H,38,39). The summed E-state index contributed by atoms with van der Waals surface area (Å²) >= 11 is 0. The van der Waals surface area contributed by atoms with E-state index in [9.17, 15) is 25.2 Å². The Balaban J connectivity index is 1.51. The van der Waals surface area contributed by atoms with Crippen molar-refractivity contribution in [2.45, 2.75) is 82.5 Å². The van der Waals surface area contributed by atoms with Gasteiger partial charge in [0.2, 0.25) is 0 Å². The van der Waals surface area contributed by atoms with Gasteiger partial charge in [-0.2, -0.15) is 0 Å². The fourth-order valence-electron chi connectivity index (χ4n) is 11.0. The Morgan fingerprint density at radius 2 is 2.07 bits per heavy atom. The van der Waals surface area contributed by atoms with Crippen molar-refractivity contribution < 1.29 is 30.0 Å². The lowest BCUT2D eigenvalue weighted by Gasteiger charge is -2.70. The average molecular weight is 573 g/mol. The van der Waals surface area contributed by atoms with Crippen molar-refractivity contribution in [3.63, 3.8) is 0 Å². The number of carbonyl (C=O) groups is 1. The first-order valence-corrected chi connectivity index (χ1v) is 15.6. The van der Waals surface area contributed by atoms with Crippen LogP contribution >= 0.6 is 0 Å². The summed E-state index contributed by atoms with van der Waals surface area (Å²) in [6, 6.07) is 0. The monoisotopic (exact) mass is 572 g/mol. The molecule has 0 aromatic heterocycles. The normalized spacial score (nSPS) is 45.1. The summed E-state index contributed by atoms with van der Waals surface area (Å²) in [5, 5.41) is 46.9. The minimum absolute atomic E-state index is 0.0449. The maximum atomic E-state index is 13.2. The number of nitrogens with one attached hydrogen (secondary N) is 1. The largest absolute Gasteiger partial charge is 0.478 e. The number of carboxylic acids is 1. The van der Waals surface area contributed by atoms with E-state index < -0.39 is 23.1 Å². The van der Waals surface area contributed by atoms with Gasteiger partial charge in [-0.15, -0.1) is 0 Å². The van der Waals surface area contributed by atoms with Crippen molar-refractivity contribution in [2.24, 2.45) is 44.7 Å². The van der Waals surface area contributed by atoms with E-state index in [0.29, 0.717) is 44.9 Å². The predicted molar refractivity (Wildman–Crippen MR) is 154 cm³/mol. The highest BCUT2D eigenvalue weighted by Crippen LogP contribution is 2.84. The van der Waals surface area contributed by atoms with Crippen LogP contribution in [0.4, 0.5) is 0 Å². The van der Waals surface area contributed by atoms with Gasteiger partial charge in [0.1, 0.15) is 5.60 Å². The van der Waals surface area contributed by atoms with Gasteiger partial charge in [-0.3, -0.25) is 4.99 Å². The van der Waals surface area contributed by atoms with Crippen molar-refractivity contribution in [3.05, 3.63) is 23.4 Å². The third-order valence-electron chi connectivity index (χ3n) is 12.3. The molecule has 2 bridgehead atoms. The van der Waals surface area contributed by atoms with E-state index in [0.717, 1.165) is 44.1 Å². The van der Waals surface area contributed by atoms with Gasteiger partial charge in [-0.25, -0.2) is 4.79 Å². The highest BCUT2D eigenvalue weighted by molar-refractivity contribution is 5.92. The minimum atomic E-state index is -1.62. The number of nitrogens with zero attached hydrogens (tertiary/aromatic N) is 2. The summed E-state index contributed by atoms with van der Waals surface area (Å²) in [5.74, 6) is -0.524. The first kappa shape index (κ1) is 29.1. The van der Waals surface area contributed by atoms with E-state index >= 15 is 0 Å². The van der Waals surface area contributed by atoms with Gasteiger partial charge in [0.25, 0.3) is 0 Å². The minimum Gasteiger partial charge on any atom is -0.478 e. The van der Waals surface area contributed by atoms with Crippen molar-refractivity contribution >= 4 is 11.9 Å². The summed E-state index contributed by atoms with van der Waals surface area (Å²) in [4.78, 5) is 19.5. The molecule has 9 unspecified atom stereocenters. The predicted octanol–water partition coefficient (Wildman–Crippen LogP) is 1.61. The molecular weight excluding hydrogens is 524 g/mol. The highest BCUT2D eigenvalue weighted by Gasteiger charge is 2.83. The van der Waals surface area contributed by atoms with Crippen molar-refractivity contribution in [3.8, 4) is 0 Å². The number of allylic oxidation sites excluding steroid dienone is 1. The van der Waals surface area contributed by atoms with E-state index in [2.05, 4.69) is 23.3 Å². The number of carboxylic acid groups (broad SMARTS) is 1. The molecule has 0 saturated heterocycles. The van der Waals surface area contributed by atoms with E-state index in [1.807, 2.05) is 11.1 Å². The molecule has 7 N–H and O–H groups in total. The molecular formula is C31H48N4O6. The molecule has 1 heterocycles. The number of aliphatic hydroxyl groups is 3. The maximum absolute atomic E-state index is 13.2. The number of aliphatic hydroxyl groups excluding tert-OH is 2. The van der Waals surface area contributed by atoms with Crippen LogP contribution in [0.1, 0.15) is 64.7 Å². The Kier molecular flexibility index (Phi) is 7.33. The van der Waals surface area contributed by atoms with Crippen molar-refractivity contribution in [2.75, 3.05) is 39.9 Å². The summed E-state index contributed by atoms with van der Waals surface area (Å²) in [6.07, 6.45) is 10.7. The number of aliphatic imine (C=N–C) groups is 1. The van der Waals surface area contributed by atoms with Gasteiger partial charge < -0.3 is 41.1 Å². The molecule has 2 spiro atoms. The smallest absolute Gasteiger partial charge is 0.334 e. The summed E-state index contributed by atoms with van der Waals surface area (Å²) in [5.41, 5.74) is 4.68. The average Bonchev–Trinajstić information content (AvgIpc) is 3.29. The molecule has 5 aliphatic carbocycles. The van der Waals surface area contributed by atoms with E-state index in [-0.39, 0.29) is 53.5 Å². The second-order valence-corrected chi connectivity index (χ2v) is 13.7. The zero-order chi connectivity index (χ0) is 29.2. The molecule has 4 saturated carbocycles. The Hall–Kier alpha value is -1.98. The van der Waals surface area contributed by atoms with Crippen LogP contribution in [0.15, 0.2) is 28.4 Å². The topological polar surface area (TPSA) is 161 Å². The van der Waals surface area contributed by atoms with E-state index in [1.54, 1.807) is 7.05 Å². The van der Waals surface area contributed by atoms with Crippen LogP contribution in [0.25, 0.3) is 0 Å². The summed E-state index contributed by atoms with van der Waals surface area (Å²) in [6.45, 7) is 4.01. The zero-order valence-electron chi connectivity index (χ0n) is 24.5. The van der Waals surface area contributed by atoms with Gasteiger partial charge in [0.05, 0.1) is 31.0 Å².